The van der Waals surface area contributed by atoms with Crippen molar-refractivity contribution >= 4 is 6.09 Å². The van der Waals surface area contributed by atoms with Crippen LogP contribution in [0.15, 0.2) is 30.3 Å². The molecular weight excluding hydrogens is 240 g/mol. The molecule has 1 amide bonds. The van der Waals surface area contributed by atoms with Crippen LogP contribution in [0.3, 0.4) is 0 Å². The van der Waals surface area contributed by atoms with E-state index in [1.807, 2.05) is 30.3 Å². The van der Waals surface area contributed by atoms with E-state index >= 15 is 0 Å². The van der Waals surface area contributed by atoms with Crippen molar-refractivity contribution in [3.05, 3.63) is 35.9 Å². The average Bonchev–Trinajstić information content (AvgIpc) is 2.45. The van der Waals surface area contributed by atoms with Crippen molar-refractivity contribution in [2.24, 2.45) is 5.73 Å². The number of ether oxygens (including phenoxy) is 1. The first-order chi connectivity index (χ1) is 9.18. The van der Waals surface area contributed by atoms with Gasteiger partial charge in [-0.2, -0.15) is 0 Å². The fourth-order valence-electron chi connectivity index (χ4n) is 2.43. The van der Waals surface area contributed by atoms with Crippen LogP contribution in [0.5, 0.6) is 0 Å². The molecule has 4 heteroatoms. The third-order valence-electron chi connectivity index (χ3n) is 3.62. The minimum atomic E-state index is -0.390. The van der Waals surface area contributed by atoms with E-state index in [0.29, 0.717) is 13.2 Å². The molecule has 0 aromatic heterocycles. The predicted molar refractivity (Wildman–Crippen MR) is 74.6 cm³/mol. The number of hydrogen-bond donors (Lipinski definition) is 2. The van der Waals surface area contributed by atoms with E-state index in [4.69, 9.17) is 10.5 Å². The lowest BCUT2D eigenvalue weighted by Gasteiger charge is -2.32. The Morgan fingerprint density at radius 3 is 2.58 bits per heavy atom. The Morgan fingerprint density at radius 1 is 1.21 bits per heavy atom. The summed E-state index contributed by atoms with van der Waals surface area (Å²) in [5, 5.41) is 2.74. The van der Waals surface area contributed by atoms with Crippen molar-refractivity contribution in [1.82, 2.24) is 5.32 Å². The molecule has 19 heavy (non-hydrogen) atoms. The molecule has 1 aromatic carbocycles. The molecule has 1 aliphatic rings. The Labute approximate surface area is 114 Å². The highest BCUT2D eigenvalue weighted by Crippen LogP contribution is 2.25. The Hall–Kier alpha value is -1.55. The van der Waals surface area contributed by atoms with Gasteiger partial charge in [-0.15, -0.1) is 0 Å². The summed E-state index contributed by atoms with van der Waals surface area (Å²) in [5.74, 6) is 0. The molecule has 0 saturated heterocycles. The summed E-state index contributed by atoms with van der Waals surface area (Å²) >= 11 is 0. The number of amides is 1. The first kappa shape index (κ1) is 13.9. The normalized spacial score (nSPS) is 17.7. The Morgan fingerprint density at radius 2 is 1.89 bits per heavy atom. The van der Waals surface area contributed by atoms with E-state index in [2.05, 4.69) is 5.32 Å². The van der Waals surface area contributed by atoms with Gasteiger partial charge in [0.05, 0.1) is 5.54 Å². The van der Waals surface area contributed by atoms with Gasteiger partial charge in [0.1, 0.15) is 6.61 Å². The first-order valence-electron chi connectivity index (χ1n) is 6.91. The second kappa shape index (κ2) is 6.57. The minimum Gasteiger partial charge on any atom is -0.448 e. The van der Waals surface area contributed by atoms with Crippen molar-refractivity contribution in [1.29, 1.82) is 0 Å². The molecule has 1 fully saturated rings. The van der Waals surface area contributed by atoms with Crippen LogP contribution in [0, 0.1) is 0 Å². The smallest absolute Gasteiger partial charge is 0.407 e. The summed E-state index contributed by atoms with van der Waals surface area (Å²) in [7, 11) is 0. The number of nitrogens with one attached hydrogen (secondary N) is 1. The highest BCUT2D eigenvalue weighted by Gasteiger charge is 2.28. The van der Waals surface area contributed by atoms with Crippen LogP contribution < -0.4 is 11.1 Å². The summed E-state index contributed by atoms with van der Waals surface area (Å²) in [6.07, 6.45) is 4.99. The van der Waals surface area contributed by atoms with Gasteiger partial charge in [0, 0.05) is 6.54 Å². The van der Waals surface area contributed by atoms with Crippen LogP contribution in [-0.2, 0) is 11.3 Å². The van der Waals surface area contributed by atoms with Crippen molar-refractivity contribution < 1.29 is 9.53 Å². The molecule has 0 aliphatic heterocycles. The number of benzene rings is 1. The van der Waals surface area contributed by atoms with Gasteiger partial charge in [0.2, 0.25) is 0 Å². The number of alkyl carbamates (subject to hydrolysis) is 1. The number of hydrogen-bond acceptors (Lipinski definition) is 3. The molecular formula is C15H22N2O2. The Kier molecular flexibility index (Phi) is 4.80. The molecule has 0 radical (unpaired) electrons. The van der Waals surface area contributed by atoms with Crippen LogP contribution in [0.2, 0.25) is 0 Å². The molecule has 0 atom stereocenters. The summed E-state index contributed by atoms with van der Waals surface area (Å²) < 4.78 is 5.23. The molecule has 0 heterocycles. The molecule has 104 valence electrons. The number of rotatable bonds is 4. The SMILES string of the molecule is NC1(COC(=O)NCc2ccccc2)CCCCC1. The molecule has 1 saturated carbocycles. The molecule has 0 bridgehead atoms. The van der Waals surface area contributed by atoms with Crippen LogP contribution in [0.1, 0.15) is 37.7 Å². The lowest BCUT2D eigenvalue weighted by Crippen LogP contribution is -2.47. The monoisotopic (exact) mass is 262 g/mol. The van der Waals surface area contributed by atoms with Crippen molar-refractivity contribution in [3.8, 4) is 0 Å². The maximum absolute atomic E-state index is 11.6. The van der Waals surface area contributed by atoms with E-state index in [1.165, 1.54) is 6.42 Å². The number of carbonyl (C=O) groups is 1. The fourth-order valence-corrected chi connectivity index (χ4v) is 2.43. The van der Waals surface area contributed by atoms with Crippen molar-refractivity contribution in [2.45, 2.75) is 44.2 Å². The highest BCUT2D eigenvalue weighted by molar-refractivity contribution is 5.67. The number of nitrogens with two attached hydrogens (primary N) is 1. The van der Waals surface area contributed by atoms with Crippen molar-refractivity contribution in [2.75, 3.05) is 6.61 Å². The van der Waals surface area contributed by atoms with Gasteiger partial charge in [0.25, 0.3) is 0 Å². The molecule has 3 N–H and O–H groups in total. The van der Waals surface area contributed by atoms with Gasteiger partial charge in [0.15, 0.2) is 0 Å². The summed E-state index contributed by atoms with van der Waals surface area (Å²) in [5.41, 5.74) is 6.95. The van der Waals surface area contributed by atoms with E-state index in [1.54, 1.807) is 0 Å². The van der Waals surface area contributed by atoms with E-state index in [0.717, 1.165) is 31.2 Å². The quantitative estimate of drug-likeness (QED) is 0.876. The second-order valence-electron chi connectivity index (χ2n) is 5.34. The zero-order chi connectivity index (χ0) is 13.6. The summed E-state index contributed by atoms with van der Waals surface area (Å²) in [6.45, 7) is 0.796. The third-order valence-corrected chi connectivity index (χ3v) is 3.62. The maximum Gasteiger partial charge on any atom is 0.407 e. The average molecular weight is 262 g/mol. The topological polar surface area (TPSA) is 64.3 Å². The zero-order valence-corrected chi connectivity index (χ0v) is 11.2. The van der Waals surface area contributed by atoms with Crippen molar-refractivity contribution in [3.63, 3.8) is 0 Å². The molecule has 2 rings (SSSR count). The lowest BCUT2D eigenvalue weighted by molar-refractivity contribution is 0.101. The molecule has 1 aliphatic carbocycles. The lowest BCUT2D eigenvalue weighted by atomic mass is 9.83. The van der Waals surface area contributed by atoms with Gasteiger partial charge < -0.3 is 15.8 Å². The fraction of sp³-hybridized carbons (Fsp3) is 0.533. The second-order valence-corrected chi connectivity index (χ2v) is 5.34. The Balaban J connectivity index is 1.70. The highest BCUT2D eigenvalue weighted by atomic mass is 16.5. The van der Waals surface area contributed by atoms with Gasteiger partial charge in [-0.3, -0.25) is 0 Å². The summed E-state index contributed by atoms with van der Waals surface area (Å²) in [6, 6.07) is 9.76. The van der Waals surface area contributed by atoms with Gasteiger partial charge in [-0.25, -0.2) is 4.79 Å². The molecule has 1 aromatic rings. The largest absolute Gasteiger partial charge is 0.448 e. The predicted octanol–water partition coefficient (Wildman–Crippen LogP) is 2.57. The standard InChI is InChI=1S/C15H22N2O2/c16-15(9-5-2-6-10-15)12-19-14(18)17-11-13-7-3-1-4-8-13/h1,3-4,7-8H,2,5-6,9-12,16H2,(H,17,18). The van der Waals surface area contributed by atoms with E-state index < -0.39 is 0 Å². The van der Waals surface area contributed by atoms with Crippen LogP contribution >= 0.6 is 0 Å². The Bertz CT molecular complexity index is 400. The third kappa shape index (κ3) is 4.56. The van der Waals surface area contributed by atoms with E-state index in [-0.39, 0.29) is 11.6 Å². The first-order valence-corrected chi connectivity index (χ1v) is 6.91. The van der Waals surface area contributed by atoms with Gasteiger partial charge in [-0.05, 0) is 18.4 Å². The minimum absolute atomic E-state index is 0.313. The maximum atomic E-state index is 11.6. The van der Waals surface area contributed by atoms with Gasteiger partial charge >= 0.3 is 6.09 Å². The molecule has 0 unspecified atom stereocenters. The molecule has 0 spiro atoms. The zero-order valence-electron chi connectivity index (χ0n) is 11.2. The summed E-state index contributed by atoms with van der Waals surface area (Å²) in [4.78, 5) is 11.6. The van der Waals surface area contributed by atoms with Crippen LogP contribution in [0.25, 0.3) is 0 Å². The van der Waals surface area contributed by atoms with Crippen LogP contribution in [0.4, 0.5) is 4.79 Å². The van der Waals surface area contributed by atoms with Gasteiger partial charge in [-0.1, -0.05) is 49.6 Å². The number of carbonyl (C=O) groups excluding carboxylic acids is 1. The van der Waals surface area contributed by atoms with E-state index in [9.17, 15) is 4.79 Å². The van der Waals surface area contributed by atoms with Crippen LogP contribution in [-0.4, -0.2) is 18.2 Å². The molecule has 4 nitrogen and oxygen atoms in total.